The van der Waals surface area contributed by atoms with Gasteiger partial charge in [-0.05, 0) is 69.3 Å². The molecule has 1 heterocycles. The summed E-state index contributed by atoms with van der Waals surface area (Å²) in [6.45, 7) is 5.51. The molecule has 0 bridgehead atoms. The van der Waals surface area contributed by atoms with Crippen LogP contribution in [0, 0.1) is 17.8 Å². The number of hydrogen-bond donors (Lipinski definition) is 7. The number of benzene rings is 1. The number of carbonyl (C=O) groups is 1. The maximum atomic E-state index is 11.8. The average Bonchev–Trinajstić information content (AvgIpc) is 3.29. The second-order valence-corrected chi connectivity index (χ2v) is 12.8. The first kappa shape index (κ1) is 35.8. The highest BCUT2D eigenvalue weighted by molar-refractivity contribution is 5.75. The molecular weight excluding hydrogens is 554 g/mol. The SMILES string of the molecule is CCNC(=O)CCCCCC[C@@H]1[C@@H]([C@@H](C)C[C@@H](O)CCc2ccccc2)[C@H](O)C[C@@H]1O[C@@]1(C)OC(CO)[C@@H](O)C(O)C1O. The Balaban J connectivity index is 1.67. The molecule has 2 fully saturated rings. The van der Waals surface area contributed by atoms with E-state index in [0.29, 0.717) is 32.2 Å². The third kappa shape index (κ3) is 9.93. The summed E-state index contributed by atoms with van der Waals surface area (Å²) in [6.07, 6.45) is -0.564. The second kappa shape index (κ2) is 17.2. The fourth-order valence-corrected chi connectivity index (χ4v) is 7.11. The summed E-state index contributed by atoms with van der Waals surface area (Å²) in [5, 5.41) is 66.2. The molecule has 11 atom stereocenters. The Labute approximate surface area is 256 Å². The van der Waals surface area contributed by atoms with E-state index in [1.54, 1.807) is 0 Å². The molecule has 0 spiro atoms. The molecule has 3 unspecified atom stereocenters. The van der Waals surface area contributed by atoms with Gasteiger partial charge in [-0.2, -0.15) is 0 Å². The largest absolute Gasteiger partial charge is 0.394 e. The number of nitrogens with one attached hydrogen (secondary N) is 1. The lowest BCUT2D eigenvalue weighted by Crippen LogP contribution is -2.65. The van der Waals surface area contributed by atoms with E-state index in [2.05, 4.69) is 12.2 Å². The van der Waals surface area contributed by atoms with Crippen LogP contribution < -0.4 is 5.32 Å². The maximum absolute atomic E-state index is 11.8. The van der Waals surface area contributed by atoms with Crippen LogP contribution in [0.5, 0.6) is 0 Å². The zero-order valence-electron chi connectivity index (χ0n) is 26.1. The van der Waals surface area contributed by atoms with Crippen molar-refractivity contribution in [2.24, 2.45) is 17.8 Å². The molecule has 246 valence electrons. The Morgan fingerprint density at radius 1 is 1.09 bits per heavy atom. The summed E-state index contributed by atoms with van der Waals surface area (Å²) < 4.78 is 12.2. The van der Waals surface area contributed by atoms with E-state index in [4.69, 9.17) is 9.47 Å². The number of aryl methyl sites for hydroxylation is 1. The van der Waals surface area contributed by atoms with E-state index in [9.17, 15) is 35.4 Å². The molecule has 10 nitrogen and oxygen atoms in total. The molecule has 1 aromatic rings. The van der Waals surface area contributed by atoms with Gasteiger partial charge < -0.3 is 45.4 Å². The van der Waals surface area contributed by atoms with Gasteiger partial charge in [-0.1, -0.05) is 56.5 Å². The van der Waals surface area contributed by atoms with Crippen molar-refractivity contribution in [2.75, 3.05) is 13.2 Å². The van der Waals surface area contributed by atoms with Gasteiger partial charge in [0.1, 0.15) is 24.4 Å². The standard InChI is InChI=1S/C33H55NO9/c1-4-34-28(38)15-11-6-5-10-14-24-26(42-33(3)32(41)31(40)30(39)27(20-35)43-33)19-25(37)29(24)21(2)18-23(36)17-16-22-12-8-7-9-13-22/h7-9,12-13,21,23-27,29-32,35-37,39-41H,4-6,10-11,14-20H2,1-3H3,(H,34,38)/t21-,23-,24-,25+,26-,27?,29+,30+,31?,32?,33-/m0/s1. The molecule has 3 rings (SSSR count). The van der Waals surface area contributed by atoms with Crippen LogP contribution >= 0.6 is 0 Å². The number of hydrogen-bond acceptors (Lipinski definition) is 9. The van der Waals surface area contributed by atoms with Crippen LogP contribution in [0.1, 0.15) is 84.1 Å². The van der Waals surface area contributed by atoms with Crippen molar-refractivity contribution in [3.63, 3.8) is 0 Å². The summed E-state index contributed by atoms with van der Waals surface area (Å²) in [5.74, 6) is -1.93. The van der Waals surface area contributed by atoms with Crippen LogP contribution in [0.25, 0.3) is 0 Å². The number of rotatable bonds is 17. The van der Waals surface area contributed by atoms with Crippen molar-refractivity contribution >= 4 is 5.91 Å². The molecule has 1 saturated heterocycles. The minimum absolute atomic E-state index is 0.0141. The Morgan fingerprint density at radius 2 is 1.79 bits per heavy atom. The molecule has 0 radical (unpaired) electrons. The summed E-state index contributed by atoms with van der Waals surface area (Å²) >= 11 is 0. The average molecular weight is 610 g/mol. The van der Waals surface area contributed by atoms with Gasteiger partial charge in [0.25, 0.3) is 0 Å². The number of unbranched alkanes of at least 4 members (excludes halogenated alkanes) is 3. The molecule has 7 N–H and O–H groups in total. The van der Waals surface area contributed by atoms with Crippen LogP contribution in [-0.2, 0) is 20.7 Å². The van der Waals surface area contributed by atoms with E-state index in [1.165, 1.54) is 12.5 Å². The molecule has 1 saturated carbocycles. The van der Waals surface area contributed by atoms with Gasteiger partial charge in [-0.25, -0.2) is 0 Å². The third-order valence-corrected chi connectivity index (χ3v) is 9.41. The van der Waals surface area contributed by atoms with Crippen molar-refractivity contribution in [1.82, 2.24) is 5.32 Å². The van der Waals surface area contributed by atoms with Crippen LogP contribution in [-0.4, -0.2) is 98.2 Å². The topological polar surface area (TPSA) is 169 Å². The fourth-order valence-electron chi connectivity index (χ4n) is 7.11. The zero-order valence-corrected chi connectivity index (χ0v) is 26.1. The highest BCUT2D eigenvalue weighted by Gasteiger charge is 2.55. The van der Waals surface area contributed by atoms with Gasteiger partial charge in [-0.3, -0.25) is 4.79 Å². The number of amides is 1. The van der Waals surface area contributed by atoms with Gasteiger partial charge >= 0.3 is 0 Å². The lowest BCUT2D eigenvalue weighted by Gasteiger charge is -2.48. The Hall–Kier alpha value is -1.63. The van der Waals surface area contributed by atoms with Gasteiger partial charge in [0.2, 0.25) is 5.91 Å². The second-order valence-electron chi connectivity index (χ2n) is 12.8. The number of ether oxygens (including phenoxy) is 2. The van der Waals surface area contributed by atoms with E-state index in [0.717, 1.165) is 38.5 Å². The summed E-state index contributed by atoms with van der Waals surface area (Å²) in [6, 6.07) is 10.0. The predicted octanol–water partition coefficient (Wildman–Crippen LogP) is 2.06. The Bertz CT molecular complexity index is 950. The van der Waals surface area contributed by atoms with Gasteiger partial charge in [-0.15, -0.1) is 0 Å². The fraction of sp³-hybridized carbons (Fsp3) is 0.788. The van der Waals surface area contributed by atoms with Crippen molar-refractivity contribution in [2.45, 2.75) is 133 Å². The molecule has 1 aliphatic heterocycles. The molecule has 43 heavy (non-hydrogen) atoms. The monoisotopic (exact) mass is 609 g/mol. The minimum Gasteiger partial charge on any atom is -0.394 e. The molecule has 1 aliphatic carbocycles. The van der Waals surface area contributed by atoms with Crippen molar-refractivity contribution in [3.8, 4) is 0 Å². The number of carbonyl (C=O) groups excluding carboxylic acids is 1. The molecule has 10 heteroatoms. The quantitative estimate of drug-likeness (QED) is 0.131. The summed E-state index contributed by atoms with van der Waals surface area (Å²) in [4.78, 5) is 11.8. The first-order chi connectivity index (χ1) is 20.5. The Kier molecular flexibility index (Phi) is 14.3. The summed E-state index contributed by atoms with van der Waals surface area (Å²) in [7, 11) is 0. The normalized spacial score (nSPS) is 34.2. The van der Waals surface area contributed by atoms with Crippen LogP contribution in [0.2, 0.25) is 0 Å². The van der Waals surface area contributed by atoms with Crippen LogP contribution in [0.4, 0.5) is 0 Å². The molecular formula is C33H55NO9. The van der Waals surface area contributed by atoms with E-state index >= 15 is 0 Å². The van der Waals surface area contributed by atoms with Gasteiger partial charge in [0, 0.05) is 19.4 Å². The molecule has 0 aromatic heterocycles. The minimum atomic E-state index is -1.70. The molecule has 1 aromatic carbocycles. The first-order valence-electron chi connectivity index (χ1n) is 16.2. The number of aliphatic hydroxyl groups is 6. The summed E-state index contributed by atoms with van der Waals surface area (Å²) in [5.41, 5.74) is 1.17. The lowest BCUT2D eigenvalue weighted by molar-refractivity contribution is -0.369. The molecule has 1 amide bonds. The van der Waals surface area contributed by atoms with Crippen molar-refractivity contribution < 1.29 is 44.9 Å². The van der Waals surface area contributed by atoms with Crippen LogP contribution in [0.3, 0.4) is 0 Å². The van der Waals surface area contributed by atoms with Crippen LogP contribution in [0.15, 0.2) is 30.3 Å². The highest BCUT2D eigenvalue weighted by atomic mass is 16.7. The van der Waals surface area contributed by atoms with Crippen molar-refractivity contribution in [3.05, 3.63) is 35.9 Å². The smallest absolute Gasteiger partial charge is 0.219 e. The number of aliphatic hydroxyl groups excluding tert-OH is 6. The van der Waals surface area contributed by atoms with Crippen molar-refractivity contribution in [1.29, 1.82) is 0 Å². The Morgan fingerprint density at radius 3 is 2.47 bits per heavy atom. The first-order valence-corrected chi connectivity index (χ1v) is 16.2. The highest BCUT2D eigenvalue weighted by Crippen LogP contribution is 2.46. The van der Waals surface area contributed by atoms with E-state index in [-0.39, 0.29) is 23.7 Å². The maximum Gasteiger partial charge on any atom is 0.219 e. The zero-order chi connectivity index (χ0) is 31.6. The van der Waals surface area contributed by atoms with E-state index < -0.39 is 55.1 Å². The molecule has 2 aliphatic rings. The third-order valence-electron chi connectivity index (χ3n) is 9.41. The predicted molar refractivity (Wildman–Crippen MR) is 162 cm³/mol. The van der Waals surface area contributed by atoms with Gasteiger partial charge in [0.05, 0.1) is 24.9 Å². The van der Waals surface area contributed by atoms with E-state index in [1.807, 2.05) is 37.3 Å². The van der Waals surface area contributed by atoms with Gasteiger partial charge in [0.15, 0.2) is 5.79 Å². The lowest BCUT2D eigenvalue weighted by atomic mass is 9.77.